The lowest BCUT2D eigenvalue weighted by Gasteiger charge is -2.40. The fraction of sp³-hybridized carbons (Fsp3) is 0.240. The third-order valence-electron chi connectivity index (χ3n) is 17.5. The summed E-state index contributed by atoms with van der Waals surface area (Å²) < 4.78 is 0. The fourth-order valence-corrected chi connectivity index (χ4v) is 17.9. The van der Waals surface area contributed by atoms with Crippen molar-refractivity contribution >= 4 is 67.3 Å². The third kappa shape index (κ3) is 1.66. The first-order valence-electron chi connectivity index (χ1n) is 19.7. The van der Waals surface area contributed by atoms with Crippen LogP contribution in [0.1, 0.15) is 133 Å². The van der Waals surface area contributed by atoms with Crippen molar-refractivity contribution in [3.8, 4) is 11.1 Å². The van der Waals surface area contributed by atoms with Crippen LogP contribution in [0.4, 0.5) is 0 Å². The Hall–Kier alpha value is -4.72. The monoisotopic (exact) mass is 660 g/mol. The summed E-state index contributed by atoms with van der Waals surface area (Å²) in [6, 6.07) is 20.7. The van der Waals surface area contributed by atoms with Crippen molar-refractivity contribution in [1.29, 1.82) is 0 Å². The number of rotatable bonds is 4. The van der Waals surface area contributed by atoms with E-state index >= 15 is 0 Å². The van der Waals surface area contributed by atoms with E-state index in [1.165, 1.54) is 30.4 Å². The zero-order valence-electron chi connectivity index (χ0n) is 28.1. The molecule has 1 heterocycles. The van der Waals surface area contributed by atoms with E-state index in [0.29, 0.717) is 23.7 Å². The zero-order chi connectivity index (χ0) is 32.0. The molecule has 0 N–H and O–H groups in total. The number of hydrogen-bond acceptors (Lipinski definition) is 1. The minimum atomic E-state index is -0.0366. The molecule has 234 valence electrons. The van der Waals surface area contributed by atoms with Crippen molar-refractivity contribution in [2.45, 2.75) is 67.1 Å². The van der Waals surface area contributed by atoms with E-state index in [2.05, 4.69) is 96.5 Å². The van der Waals surface area contributed by atoms with Gasteiger partial charge in [-0.05, 0) is 157 Å². The van der Waals surface area contributed by atoms with Crippen LogP contribution in [0.2, 0.25) is 0 Å². The molecule has 51 heavy (non-hydrogen) atoms. The second-order valence-corrected chi connectivity index (χ2v) is 19.1. The maximum atomic E-state index is 2.65. The van der Waals surface area contributed by atoms with E-state index in [9.17, 15) is 0 Å². The highest BCUT2D eigenvalue weighted by Gasteiger charge is 2.96. The quantitative estimate of drug-likeness (QED) is 0.165. The van der Waals surface area contributed by atoms with Crippen LogP contribution >= 0.6 is 11.3 Å². The van der Waals surface area contributed by atoms with Crippen molar-refractivity contribution in [1.82, 2.24) is 0 Å². The predicted molar refractivity (Wildman–Crippen MR) is 208 cm³/mol. The van der Waals surface area contributed by atoms with E-state index < -0.39 is 0 Å². The van der Waals surface area contributed by atoms with Gasteiger partial charge in [-0.3, -0.25) is 0 Å². The van der Waals surface area contributed by atoms with E-state index in [4.69, 9.17) is 0 Å². The Bertz CT molecular complexity index is 3040. The second-order valence-electron chi connectivity index (χ2n) is 18.2. The van der Waals surface area contributed by atoms with E-state index in [0.717, 1.165) is 6.42 Å². The predicted octanol–water partition coefficient (Wildman–Crippen LogP) is 12.0. The molecule has 0 aliphatic heterocycles. The highest BCUT2D eigenvalue weighted by Crippen LogP contribution is 3.01. The molecule has 0 radical (unpaired) electrons. The maximum absolute atomic E-state index is 2.65. The number of thiophene rings is 1. The molecule has 6 aromatic rings. The summed E-state index contributed by atoms with van der Waals surface area (Å²) >= 11 is 2.09. The number of hydrogen-bond donors (Lipinski definition) is 0. The molecule has 2 spiro atoms. The molecule has 18 rings (SSSR count). The molecule has 5 atom stereocenters. The Morgan fingerprint density at radius 3 is 1.84 bits per heavy atom. The normalized spacial score (nSPS) is 34.1. The topological polar surface area (TPSA) is 0 Å². The van der Waals surface area contributed by atoms with Gasteiger partial charge in [0.15, 0.2) is 0 Å². The first-order chi connectivity index (χ1) is 25.3. The lowest BCUT2D eigenvalue weighted by Crippen LogP contribution is -2.29. The van der Waals surface area contributed by atoms with Crippen LogP contribution in [0.25, 0.3) is 67.1 Å². The zero-order valence-corrected chi connectivity index (χ0v) is 28.9. The van der Waals surface area contributed by atoms with Crippen molar-refractivity contribution in [3.05, 3.63) is 149 Å². The van der Waals surface area contributed by atoms with Gasteiger partial charge in [0.25, 0.3) is 0 Å². The second kappa shape index (κ2) is 6.35. The Morgan fingerprint density at radius 1 is 0.686 bits per heavy atom. The summed E-state index contributed by atoms with van der Waals surface area (Å²) in [6.07, 6.45) is 15.3. The average molecular weight is 661 g/mol. The van der Waals surface area contributed by atoms with Gasteiger partial charge in [-0.1, -0.05) is 86.5 Å². The molecule has 12 aliphatic carbocycles. The van der Waals surface area contributed by atoms with Gasteiger partial charge in [0, 0.05) is 44.8 Å². The summed E-state index contributed by atoms with van der Waals surface area (Å²) in [4.78, 5) is 1.67. The molecule has 1 heteroatoms. The van der Waals surface area contributed by atoms with Crippen molar-refractivity contribution in [3.63, 3.8) is 0 Å². The van der Waals surface area contributed by atoms with Gasteiger partial charge in [-0.2, -0.15) is 0 Å². The highest BCUT2D eigenvalue weighted by molar-refractivity contribution is 7.10. The minimum absolute atomic E-state index is 0.0293. The van der Waals surface area contributed by atoms with Crippen molar-refractivity contribution < 1.29 is 0 Å². The molecule has 0 amide bonds. The largest absolute Gasteiger partial charge is 0.148 e. The van der Waals surface area contributed by atoms with Crippen LogP contribution in [-0.2, 0) is 17.3 Å². The molecular weight excluding hydrogens is 633 g/mol. The first kappa shape index (κ1) is 23.7. The maximum Gasteiger partial charge on any atom is 0.0491 e. The summed E-state index contributed by atoms with van der Waals surface area (Å²) in [5.41, 5.74) is 33.6. The number of fused-ring (bicyclic) bond motifs is 3. The molecule has 5 aromatic carbocycles. The Kier molecular flexibility index (Phi) is 2.95. The Labute approximate surface area is 298 Å². The summed E-state index contributed by atoms with van der Waals surface area (Å²) in [5, 5.41) is 9.10. The van der Waals surface area contributed by atoms with E-state index in [-0.39, 0.29) is 16.2 Å². The molecule has 5 unspecified atom stereocenters. The van der Waals surface area contributed by atoms with Crippen molar-refractivity contribution in [2.24, 2.45) is 5.41 Å². The number of benzene rings is 5. The molecule has 1 fully saturated rings. The lowest BCUT2D eigenvalue weighted by molar-refractivity contribution is 0.516. The minimum Gasteiger partial charge on any atom is -0.148 e. The Balaban J connectivity index is 1.23. The van der Waals surface area contributed by atoms with E-state index in [1.54, 1.807) is 115 Å². The van der Waals surface area contributed by atoms with Crippen LogP contribution in [0, 0.1) is 5.41 Å². The molecule has 1 saturated carbocycles. The molecule has 12 aliphatic rings. The van der Waals surface area contributed by atoms with Gasteiger partial charge < -0.3 is 0 Å². The summed E-state index contributed by atoms with van der Waals surface area (Å²) in [7, 11) is 0. The van der Waals surface area contributed by atoms with Crippen LogP contribution in [0.5, 0.6) is 0 Å². The Morgan fingerprint density at radius 2 is 1.29 bits per heavy atom. The van der Waals surface area contributed by atoms with Gasteiger partial charge in [0.05, 0.1) is 0 Å². The summed E-state index contributed by atoms with van der Waals surface area (Å²) in [6.45, 7) is 2.44. The van der Waals surface area contributed by atoms with Gasteiger partial charge in [-0.15, -0.1) is 11.3 Å². The molecular formula is C50H28S. The van der Waals surface area contributed by atoms with E-state index in [1.807, 2.05) is 11.1 Å². The average Bonchev–Trinajstić information content (AvgIpc) is 3.90. The van der Waals surface area contributed by atoms with Gasteiger partial charge in [0.1, 0.15) is 0 Å². The molecule has 1 aromatic heterocycles. The van der Waals surface area contributed by atoms with Crippen LogP contribution < -0.4 is 0 Å². The number of allylic oxidation sites excluding steroid dienone is 6. The third-order valence-corrected chi connectivity index (χ3v) is 18.5. The number of unbranched alkanes of at least 4 members (excludes halogenated alkanes) is 1. The first-order valence-corrected chi connectivity index (χ1v) is 20.6. The molecule has 0 nitrogen and oxygen atoms in total. The molecule has 0 saturated heterocycles. The van der Waals surface area contributed by atoms with Gasteiger partial charge >= 0.3 is 0 Å². The lowest BCUT2D eigenvalue weighted by atomic mass is 9.61. The standard InChI is InChI=1S/C50H28S/c1-2-3-14-48(29-5-4-15-51-29)49-44-27-12-10-25-23-8-6-19-16-21-18-22-17-20-7-9-24-26-11-13-28(27)45(49)37(26)41-35(24)31(20)39-33(22)32(21)38-30(19)34(23)40(36(25)44)46-42(38)43(39)47(41)50(46,48)49/h4-13,15-17,23-24,34-35H,2-3,14,18H2,1H3. The fourth-order valence-electron chi connectivity index (χ4n) is 16.9. The van der Waals surface area contributed by atoms with Gasteiger partial charge in [0.2, 0.25) is 0 Å². The van der Waals surface area contributed by atoms with Crippen LogP contribution in [0.3, 0.4) is 0 Å². The smallest absolute Gasteiger partial charge is 0.0491 e. The summed E-state index contributed by atoms with van der Waals surface area (Å²) in [5.74, 6) is 1.75. The van der Waals surface area contributed by atoms with Crippen LogP contribution in [-0.4, -0.2) is 0 Å². The molecule has 0 bridgehead atoms. The highest BCUT2D eigenvalue weighted by atomic mass is 32.1. The van der Waals surface area contributed by atoms with Crippen molar-refractivity contribution in [2.75, 3.05) is 0 Å². The van der Waals surface area contributed by atoms with Gasteiger partial charge in [-0.25, -0.2) is 0 Å². The van der Waals surface area contributed by atoms with Crippen LogP contribution in [0.15, 0.2) is 66.1 Å². The SMILES string of the molecule is CCCCC1(c2cccs2)C23C4=C5c6c7ccc8c6C21c1c-8ccc2c1C1=C3c3c4c4c6c(cc8c4c4c(cc9c(c34)C1C2C=C9)C8)C=CC7C56.